The molecule has 2 N–H and O–H groups in total. The molecule has 0 saturated carbocycles. The van der Waals surface area contributed by atoms with Gasteiger partial charge in [0.1, 0.15) is 0 Å². The molecule has 0 amide bonds. The molecule has 0 saturated heterocycles. The van der Waals surface area contributed by atoms with Crippen molar-refractivity contribution in [3.05, 3.63) is 58.6 Å². The highest BCUT2D eigenvalue weighted by atomic mass is 35.5. The van der Waals surface area contributed by atoms with Crippen molar-refractivity contribution < 1.29 is 0 Å². The molecule has 0 unspecified atom stereocenters. The third kappa shape index (κ3) is 2.17. The lowest BCUT2D eigenvalue weighted by Gasteiger charge is -2.09. The van der Waals surface area contributed by atoms with Crippen LogP contribution in [-0.2, 0) is 6.54 Å². The third-order valence-corrected chi connectivity index (χ3v) is 3.56. The van der Waals surface area contributed by atoms with Gasteiger partial charge in [0.25, 0.3) is 0 Å². The Bertz CT molecular complexity index is 746. The molecule has 19 heavy (non-hydrogen) atoms. The van der Waals surface area contributed by atoms with E-state index < -0.39 is 0 Å². The minimum atomic E-state index is 0.514. The zero-order valence-corrected chi connectivity index (χ0v) is 11.4. The number of anilines is 1. The fourth-order valence-corrected chi connectivity index (χ4v) is 2.41. The van der Waals surface area contributed by atoms with E-state index in [0.717, 1.165) is 17.6 Å². The van der Waals surface area contributed by atoms with Crippen LogP contribution in [0.2, 0.25) is 5.02 Å². The van der Waals surface area contributed by atoms with Crippen LogP contribution in [-0.4, -0.2) is 9.55 Å². The number of benzene rings is 2. The van der Waals surface area contributed by atoms with Gasteiger partial charge in [0.2, 0.25) is 5.95 Å². The average Bonchev–Trinajstić information content (AvgIpc) is 2.68. The lowest BCUT2D eigenvalue weighted by Crippen LogP contribution is -2.05. The quantitative estimate of drug-likeness (QED) is 0.773. The van der Waals surface area contributed by atoms with Gasteiger partial charge in [-0.3, -0.25) is 0 Å². The molecule has 96 valence electrons. The van der Waals surface area contributed by atoms with Gasteiger partial charge >= 0.3 is 0 Å². The molecule has 0 aliphatic heterocycles. The topological polar surface area (TPSA) is 43.8 Å². The van der Waals surface area contributed by atoms with Crippen LogP contribution in [0.5, 0.6) is 0 Å². The van der Waals surface area contributed by atoms with Crippen molar-refractivity contribution in [3.8, 4) is 0 Å². The van der Waals surface area contributed by atoms with Gasteiger partial charge in [0.05, 0.1) is 17.6 Å². The summed E-state index contributed by atoms with van der Waals surface area (Å²) in [4.78, 5) is 4.36. The second kappa shape index (κ2) is 4.59. The smallest absolute Gasteiger partial charge is 0.201 e. The molecular formula is C15H14ClN3. The summed E-state index contributed by atoms with van der Waals surface area (Å²) in [5.41, 5.74) is 10.3. The van der Waals surface area contributed by atoms with Gasteiger partial charge in [0, 0.05) is 5.02 Å². The molecule has 0 fully saturated rings. The molecule has 2 aromatic carbocycles. The standard InChI is InChI=1S/C15H14ClN3/c1-10-4-2-3-5-11(10)9-19-14-7-6-12(16)8-13(14)18-15(19)17/h2-8H,9H2,1H3,(H2,17,18). The number of aryl methyl sites for hydroxylation is 1. The van der Waals surface area contributed by atoms with Crippen LogP contribution < -0.4 is 5.73 Å². The number of hydrogen-bond donors (Lipinski definition) is 1. The summed E-state index contributed by atoms with van der Waals surface area (Å²) in [6, 6.07) is 13.9. The van der Waals surface area contributed by atoms with Gasteiger partial charge in [0.15, 0.2) is 0 Å². The number of rotatable bonds is 2. The molecule has 3 rings (SSSR count). The zero-order chi connectivity index (χ0) is 13.4. The first kappa shape index (κ1) is 12.1. The fraction of sp³-hybridized carbons (Fsp3) is 0.133. The third-order valence-electron chi connectivity index (χ3n) is 3.33. The highest BCUT2D eigenvalue weighted by molar-refractivity contribution is 6.31. The van der Waals surface area contributed by atoms with Crippen LogP contribution in [0.4, 0.5) is 5.95 Å². The van der Waals surface area contributed by atoms with Crippen molar-refractivity contribution >= 4 is 28.6 Å². The van der Waals surface area contributed by atoms with Crippen LogP contribution in [0.15, 0.2) is 42.5 Å². The Morgan fingerprint density at radius 3 is 2.79 bits per heavy atom. The first-order valence-corrected chi connectivity index (χ1v) is 6.49. The van der Waals surface area contributed by atoms with Crippen molar-refractivity contribution in [3.63, 3.8) is 0 Å². The van der Waals surface area contributed by atoms with E-state index >= 15 is 0 Å². The number of halogens is 1. The van der Waals surface area contributed by atoms with Crippen LogP contribution in [0, 0.1) is 6.92 Å². The number of imidazole rings is 1. The van der Waals surface area contributed by atoms with Crippen molar-refractivity contribution in [1.29, 1.82) is 0 Å². The Morgan fingerprint density at radius 2 is 2.00 bits per heavy atom. The van der Waals surface area contributed by atoms with Crippen LogP contribution in [0.3, 0.4) is 0 Å². The molecule has 0 aliphatic rings. The summed E-state index contributed by atoms with van der Waals surface area (Å²) in [6.45, 7) is 2.82. The van der Waals surface area contributed by atoms with Crippen molar-refractivity contribution in [2.75, 3.05) is 5.73 Å². The largest absolute Gasteiger partial charge is 0.369 e. The molecule has 0 radical (unpaired) electrons. The van der Waals surface area contributed by atoms with Gasteiger partial charge in [-0.15, -0.1) is 0 Å². The number of fused-ring (bicyclic) bond motifs is 1. The molecule has 0 spiro atoms. The van der Waals surface area contributed by atoms with Crippen molar-refractivity contribution in [2.24, 2.45) is 0 Å². The lowest BCUT2D eigenvalue weighted by atomic mass is 10.1. The van der Waals surface area contributed by atoms with Gasteiger partial charge < -0.3 is 10.3 Å². The Morgan fingerprint density at radius 1 is 1.21 bits per heavy atom. The van der Waals surface area contributed by atoms with Crippen LogP contribution in [0.25, 0.3) is 11.0 Å². The van der Waals surface area contributed by atoms with E-state index in [1.807, 2.05) is 34.9 Å². The minimum absolute atomic E-state index is 0.514. The van der Waals surface area contributed by atoms with Gasteiger partial charge in [-0.2, -0.15) is 0 Å². The first-order chi connectivity index (χ1) is 9.15. The molecule has 1 aromatic heterocycles. The Kier molecular flexibility index (Phi) is 2.91. The predicted octanol–water partition coefficient (Wildman–Crippen LogP) is 3.63. The fourth-order valence-electron chi connectivity index (χ4n) is 2.25. The second-order valence-corrected chi connectivity index (χ2v) is 5.05. The SMILES string of the molecule is Cc1ccccc1Cn1c(N)nc2cc(Cl)ccc21. The van der Waals surface area contributed by atoms with Gasteiger partial charge in [-0.1, -0.05) is 35.9 Å². The highest BCUT2D eigenvalue weighted by Gasteiger charge is 2.09. The summed E-state index contributed by atoms with van der Waals surface area (Å²) < 4.78 is 2.01. The van der Waals surface area contributed by atoms with Crippen molar-refractivity contribution in [2.45, 2.75) is 13.5 Å². The number of nitrogens with two attached hydrogens (primary N) is 1. The maximum absolute atomic E-state index is 6.01. The second-order valence-electron chi connectivity index (χ2n) is 4.62. The monoisotopic (exact) mass is 271 g/mol. The number of nitrogens with zero attached hydrogens (tertiary/aromatic N) is 2. The summed E-state index contributed by atoms with van der Waals surface area (Å²) >= 11 is 5.98. The molecule has 0 bridgehead atoms. The summed E-state index contributed by atoms with van der Waals surface area (Å²) in [6.07, 6.45) is 0. The normalized spacial score (nSPS) is 11.1. The van der Waals surface area contributed by atoms with Crippen LogP contribution >= 0.6 is 11.6 Å². The number of hydrogen-bond acceptors (Lipinski definition) is 2. The Balaban J connectivity index is 2.10. The van der Waals surface area contributed by atoms with Crippen molar-refractivity contribution in [1.82, 2.24) is 9.55 Å². The predicted molar refractivity (Wildman–Crippen MR) is 79.4 cm³/mol. The van der Waals surface area contributed by atoms with E-state index in [0.29, 0.717) is 11.0 Å². The minimum Gasteiger partial charge on any atom is -0.369 e. The summed E-state index contributed by atoms with van der Waals surface area (Å²) in [5.74, 6) is 0.514. The number of aromatic nitrogens is 2. The summed E-state index contributed by atoms with van der Waals surface area (Å²) in [7, 11) is 0. The first-order valence-electron chi connectivity index (χ1n) is 6.11. The summed E-state index contributed by atoms with van der Waals surface area (Å²) in [5, 5.41) is 0.674. The van der Waals surface area contributed by atoms with E-state index in [2.05, 4.69) is 24.0 Å². The van der Waals surface area contributed by atoms with Crippen LogP contribution in [0.1, 0.15) is 11.1 Å². The average molecular weight is 272 g/mol. The van der Waals surface area contributed by atoms with Gasteiger partial charge in [-0.05, 0) is 36.2 Å². The molecule has 4 heteroatoms. The maximum Gasteiger partial charge on any atom is 0.201 e. The molecule has 0 aliphatic carbocycles. The highest BCUT2D eigenvalue weighted by Crippen LogP contribution is 2.23. The van der Waals surface area contributed by atoms with Gasteiger partial charge in [-0.25, -0.2) is 4.98 Å². The maximum atomic E-state index is 6.01. The van der Waals surface area contributed by atoms with E-state index in [1.165, 1.54) is 11.1 Å². The van der Waals surface area contributed by atoms with E-state index in [9.17, 15) is 0 Å². The van der Waals surface area contributed by atoms with E-state index in [1.54, 1.807) is 0 Å². The van der Waals surface area contributed by atoms with E-state index in [4.69, 9.17) is 17.3 Å². The Hall–Kier alpha value is -2.00. The number of nitrogen functional groups attached to an aromatic ring is 1. The molecule has 1 heterocycles. The molecule has 3 aromatic rings. The molecule has 3 nitrogen and oxygen atoms in total. The zero-order valence-electron chi connectivity index (χ0n) is 10.6. The lowest BCUT2D eigenvalue weighted by molar-refractivity contribution is 0.832. The molecular weight excluding hydrogens is 258 g/mol. The molecule has 0 atom stereocenters. The Labute approximate surface area is 116 Å². The van der Waals surface area contributed by atoms with E-state index in [-0.39, 0.29) is 0 Å².